The summed E-state index contributed by atoms with van der Waals surface area (Å²) in [4.78, 5) is 60.9. The second-order valence-electron chi connectivity index (χ2n) is 21.5. The SMILES string of the molecule is O=C(CP(OB(Oc1cc(C(F)(F)F)cc(C(F)(F)F)c1)OP(CC(=O)c1cccc(C(=O)c2ccccc2)c1)(c1ccccc1)(c1ccccc1)c1ccccc1)(c1ccccc1)(c1ccccc1)c1ccccc1)c1cccc(C(=O)c2ccccc2)c1. The molecule has 90 heavy (non-hydrogen) atoms. The molecule has 0 amide bonds. The first-order chi connectivity index (χ1) is 43.4. The van der Waals surface area contributed by atoms with Crippen LogP contribution in [-0.4, -0.2) is 42.8 Å². The van der Waals surface area contributed by atoms with Crippen LogP contribution in [0, 0.1) is 0 Å². The number of halogens is 6. The minimum absolute atomic E-state index is 0.0237. The van der Waals surface area contributed by atoms with Crippen molar-refractivity contribution in [2.24, 2.45) is 0 Å². The van der Waals surface area contributed by atoms with Gasteiger partial charge >= 0.3 is 519 Å². The number of ketones is 4. The van der Waals surface area contributed by atoms with E-state index in [1.54, 1.807) is 279 Å². The Labute approximate surface area is 516 Å². The van der Waals surface area contributed by atoms with Gasteiger partial charge in [0.2, 0.25) is 0 Å². The van der Waals surface area contributed by atoms with Crippen molar-refractivity contribution in [2.75, 3.05) is 12.3 Å². The van der Waals surface area contributed by atoms with E-state index in [0.717, 1.165) is 0 Å². The molecule has 0 heterocycles. The van der Waals surface area contributed by atoms with Crippen molar-refractivity contribution in [2.45, 2.75) is 12.4 Å². The van der Waals surface area contributed by atoms with E-state index in [-0.39, 0.29) is 39.9 Å². The average Bonchev–Trinajstić information content (AvgIpc) is 0.693. The molecule has 0 spiro atoms. The Morgan fingerprint density at radius 3 is 0.811 bits per heavy atom. The van der Waals surface area contributed by atoms with Gasteiger partial charge < -0.3 is 0 Å². The summed E-state index contributed by atoms with van der Waals surface area (Å²) in [7, 11) is -2.52. The molecule has 0 atom stereocenters. The number of rotatable bonds is 22. The normalized spacial score (nSPS) is 12.7. The summed E-state index contributed by atoms with van der Waals surface area (Å²) in [5.41, 5.74) is -2.27. The Bertz CT molecular complexity index is 3890. The van der Waals surface area contributed by atoms with Gasteiger partial charge in [-0.15, -0.1) is 0 Å². The van der Waals surface area contributed by atoms with Crippen molar-refractivity contribution in [3.05, 3.63) is 354 Å². The second kappa shape index (κ2) is 25.4. The maximum atomic E-state index is 16.3. The third-order valence-electron chi connectivity index (χ3n) is 16.1. The molecule has 0 radical (unpaired) electrons. The predicted molar refractivity (Wildman–Crippen MR) is 346 cm³/mol. The van der Waals surface area contributed by atoms with Crippen LogP contribution in [0.3, 0.4) is 0 Å². The van der Waals surface area contributed by atoms with Gasteiger partial charge in [0.25, 0.3) is 0 Å². The standard InChI is InChI=1S/C74H55BF6O7P2/c76-73(77,78)60-49-61(74(79,80)81)51-62(50-60)86-75(87-89(63-35-13-3-14-36-63,64-37-15-4-16-38-64,65-39-17-5-18-40-65)52-69(82)56-31-25-33-58(47-56)71(84)54-27-9-1-10-28-54)88-90(66-41-19-6-20-42-66,67-43-21-7-22-44-67,68-45-23-8-24-46-68)53-70(83)57-32-26-34-59(48-57)72(85)55-29-11-2-12-30-55/h1-51H,52-53H2. The summed E-state index contributed by atoms with van der Waals surface area (Å²) in [6.45, 7) is -11.1. The van der Waals surface area contributed by atoms with Crippen molar-refractivity contribution in [1.29, 1.82) is 0 Å². The summed E-state index contributed by atoms with van der Waals surface area (Å²) in [6, 6.07) is 81.7. The summed E-state index contributed by atoms with van der Waals surface area (Å²) in [5, 5.41) is 1.99. The molecule has 16 heteroatoms. The van der Waals surface area contributed by atoms with Crippen LogP contribution in [0.15, 0.2) is 309 Å². The minimum atomic E-state index is -5.54. The first-order valence-corrected chi connectivity index (χ1v) is 33.2. The van der Waals surface area contributed by atoms with Crippen molar-refractivity contribution < 1.29 is 59.1 Å². The molecule has 0 aliphatic carbocycles. The molecule has 0 aliphatic rings. The van der Waals surface area contributed by atoms with Gasteiger partial charge in [0.1, 0.15) is 0 Å². The summed E-state index contributed by atoms with van der Waals surface area (Å²) in [6.07, 6.45) is -12.0. The van der Waals surface area contributed by atoms with Crippen LogP contribution in [0.5, 0.6) is 5.75 Å². The molecular formula is C74H55BF6O7P2. The molecule has 0 aromatic heterocycles. The van der Waals surface area contributed by atoms with E-state index < -0.39 is 74.1 Å². The van der Waals surface area contributed by atoms with E-state index in [9.17, 15) is 9.59 Å². The molecule has 0 fully saturated rings. The molecule has 448 valence electrons. The average molecular weight is 1240 g/mol. The molecule has 11 aromatic carbocycles. The van der Waals surface area contributed by atoms with Crippen LogP contribution in [0.2, 0.25) is 0 Å². The Kier molecular flexibility index (Phi) is 17.5. The van der Waals surface area contributed by atoms with E-state index in [2.05, 4.69) is 0 Å². The van der Waals surface area contributed by atoms with E-state index in [1.807, 2.05) is 0 Å². The van der Waals surface area contributed by atoms with E-state index in [1.165, 1.54) is 12.1 Å². The van der Waals surface area contributed by atoms with E-state index in [4.69, 9.17) is 13.5 Å². The van der Waals surface area contributed by atoms with Crippen LogP contribution in [0.4, 0.5) is 26.3 Å². The topological polar surface area (TPSA) is 96.0 Å². The number of alkyl halides is 6. The van der Waals surface area contributed by atoms with Gasteiger partial charge in [-0.2, -0.15) is 0 Å². The zero-order valence-electron chi connectivity index (χ0n) is 48.0. The molecule has 7 nitrogen and oxygen atoms in total. The predicted octanol–water partition coefficient (Wildman–Crippen LogP) is 15.2. The van der Waals surface area contributed by atoms with Gasteiger partial charge in [0.05, 0.1) is 0 Å². The van der Waals surface area contributed by atoms with Gasteiger partial charge in [0.15, 0.2) is 0 Å². The molecule has 0 bridgehead atoms. The fraction of sp³-hybridized carbons (Fsp3) is 0.0541. The van der Waals surface area contributed by atoms with Crippen LogP contribution in [-0.2, 0) is 21.2 Å². The molecule has 0 unspecified atom stereocenters. The number of Topliss-reactive ketones (excluding diaryl/α,β-unsaturated/α-hetero) is 2. The third kappa shape index (κ3) is 11.9. The van der Waals surface area contributed by atoms with Gasteiger partial charge in [-0.3, -0.25) is 0 Å². The molecule has 11 rings (SSSR count). The Hall–Kier alpha value is -9.68. The Morgan fingerprint density at radius 2 is 0.544 bits per heavy atom. The maximum absolute atomic E-state index is 16.3. The number of carbonyl (C=O) groups is 4. The molecule has 11 aromatic rings. The van der Waals surface area contributed by atoms with Crippen molar-refractivity contribution in [3.8, 4) is 5.75 Å². The van der Waals surface area contributed by atoms with Crippen molar-refractivity contribution in [1.82, 2.24) is 0 Å². The van der Waals surface area contributed by atoms with Crippen LogP contribution in [0.1, 0.15) is 63.7 Å². The first-order valence-electron chi connectivity index (χ1n) is 28.6. The summed E-state index contributed by atoms with van der Waals surface area (Å²) >= 11 is 0. The fourth-order valence-electron chi connectivity index (χ4n) is 11.8. The van der Waals surface area contributed by atoms with Crippen LogP contribution < -0.4 is 36.5 Å². The molecule has 0 saturated heterocycles. The van der Waals surface area contributed by atoms with Gasteiger partial charge in [-0.25, -0.2) is 0 Å². The third-order valence-corrected chi connectivity index (χ3v) is 27.5. The number of hydrogen-bond acceptors (Lipinski definition) is 7. The molecular weight excluding hydrogens is 1190 g/mol. The van der Waals surface area contributed by atoms with Gasteiger partial charge in [-0.1, -0.05) is 0 Å². The summed E-state index contributed by atoms with van der Waals surface area (Å²) in [5.74, 6) is -2.97. The summed E-state index contributed by atoms with van der Waals surface area (Å²) < 4.78 is 115. The number of hydrogen-bond donors (Lipinski definition) is 0. The second-order valence-corrected chi connectivity index (χ2v) is 30.5. The quantitative estimate of drug-likeness (QED) is 0.0289. The van der Waals surface area contributed by atoms with Crippen LogP contribution >= 0.6 is 13.7 Å². The van der Waals surface area contributed by atoms with Crippen molar-refractivity contribution in [3.63, 3.8) is 0 Å². The zero-order valence-corrected chi connectivity index (χ0v) is 49.7. The monoisotopic (exact) mass is 1240 g/mol. The molecule has 0 N–H and O–H groups in total. The van der Waals surface area contributed by atoms with Crippen LogP contribution in [0.25, 0.3) is 0 Å². The molecule has 0 saturated carbocycles. The van der Waals surface area contributed by atoms with Gasteiger partial charge in [0, 0.05) is 0 Å². The van der Waals surface area contributed by atoms with Gasteiger partial charge in [-0.05, 0) is 0 Å². The number of benzene rings is 11. The van der Waals surface area contributed by atoms with E-state index >= 15 is 35.9 Å². The molecule has 0 aliphatic heterocycles. The number of carbonyl (C=O) groups excluding carboxylic acids is 4. The fourth-order valence-corrected chi connectivity index (χ4v) is 22.8. The Morgan fingerprint density at radius 1 is 0.300 bits per heavy atom. The zero-order chi connectivity index (χ0) is 63.0. The first kappa shape index (κ1) is 62.0. The Balaban J connectivity index is 1.25. The van der Waals surface area contributed by atoms with E-state index in [0.29, 0.717) is 55.1 Å². The van der Waals surface area contributed by atoms with Crippen molar-refractivity contribution >= 4 is 75.9 Å².